The summed E-state index contributed by atoms with van der Waals surface area (Å²) in [6.07, 6.45) is 3.20. The first-order valence-electron chi connectivity index (χ1n) is 12.0. The zero-order valence-corrected chi connectivity index (χ0v) is 21.7. The molecule has 0 aromatic heterocycles. The normalized spacial score (nSPS) is 20.6. The van der Waals surface area contributed by atoms with Crippen LogP contribution in [0.5, 0.6) is 0 Å². The van der Waals surface area contributed by atoms with Gasteiger partial charge in [0.1, 0.15) is 0 Å². The molecule has 0 aliphatic carbocycles. The number of fused-ring (bicyclic) bond motifs is 1. The topological polar surface area (TPSA) is 95.6 Å². The van der Waals surface area contributed by atoms with E-state index in [1.165, 1.54) is 12.1 Å². The van der Waals surface area contributed by atoms with Gasteiger partial charge in [-0.25, -0.2) is 26.3 Å². The molecule has 2 N–H and O–H groups in total. The van der Waals surface area contributed by atoms with Gasteiger partial charge in [0.15, 0.2) is 0 Å². The third-order valence-corrected chi connectivity index (χ3v) is 9.76. The molecule has 1 aliphatic rings. The van der Waals surface area contributed by atoms with Gasteiger partial charge >= 0.3 is 0 Å². The molecule has 0 bridgehead atoms. The number of piperidine rings is 1. The van der Waals surface area contributed by atoms with Crippen LogP contribution in [0.1, 0.15) is 33.1 Å². The standard InChI is InChI=1S/C26H33N3O4S2/c1-20-10-8-11-21(2)29(20)19-23(28-34(30,31)24-14-4-3-5-15-24)18-27-35(32,33)26-17-9-13-22-12-6-7-16-25(22)26/h3-7,9,12-17,20-21,23,27-28H,8,10-11,18-19H2,1-2H3/t20-,21+,23-/m0/s1. The Labute approximate surface area is 208 Å². The largest absolute Gasteiger partial charge is 0.296 e. The lowest BCUT2D eigenvalue weighted by Gasteiger charge is -2.41. The zero-order chi connectivity index (χ0) is 25.1. The van der Waals surface area contributed by atoms with Crippen molar-refractivity contribution in [3.8, 4) is 0 Å². The molecule has 7 nitrogen and oxygen atoms in total. The first-order valence-corrected chi connectivity index (χ1v) is 14.9. The summed E-state index contributed by atoms with van der Waals surface area (Å²) in [6, 6.07) is 20.5. The fourth-order valence-electron chi connectivity index (χ4n) is 4.84. The summed E-state index contributed by atoms with van der Waals surface area (Å²) in [6.45, 7) is 4.62. The second-order valence-electron chi connectivity index (χ2n) is 9.29. The Bertz CT molecular complexity index is 1350. The van der Waals surface area contributed by atoms with E-state index >= 15 is 0 Å². The van der Waals surface area contributed by atoms with E-state index in [4.69, 9.17) is 0 Å². The quantitative estimate of drug-likeness (QED) is 0.453. The Morgan fingerprint density at radius 2 is 1.46 bits per heavy atom. The fraction of sp³-hybridized carbons (Fsp3) is 0.385. The van der Waals surface area contributed by atoms with Crippen molar-refractivity contribution in [1.82, 2.24) is 14.3 Å². The third-order valence-electron chi connectivity index (χ3n) is 6.74. The molecule has 3 atom stereocenters. The second kappa shape index (κ2) is 10.8. The Morgan fingerprint density at radius 3 is 2.17 bits per heavy atom. The van der Waals surface area contributed by atoms with Crippen molar-refractivity contribution in [3.05, 3.63) is 72.8 Å². The minimum atomic E-state index is -3.87. The predicted octanol–water partition coefficient (Wildman–Crippen LogP) is 3.73. The predicted molar refractivity (Wildman–Crippen MR) is 139 cm³/mol. The van der Waals surface area contributed by atoms with Crippen LogP contribution in [0.4, 0.5) is 0 Å². The van der Waals surface area contributed by atoms with E-state index in [0.717, 1.165) is 24.6 Å². The molecule has 0 amide bonds. The summed E-state index contributed by atoms with van der Waals surface area (Å²) < 4.78 is 58.3. The molecule has 0 radical (unpaired) electrons. The summed E-state index contributed by atoms with van der Waals surface area (Å²) in [7, 11) is -7.70. The summed E-state index contributed by atoms with van der Waals surface area (Å²) >= 11 is 0. The van der Waals surface area contributed by atoms with Crippen LogP contribution in [0, 0.1) is 0 Å². The maximum Gasteiger partial charge on any atom is 0.241 e. The van der Waals surface area contributed by atoms with Gasteiger partial charge in [-0.2, -0.15) is 0 Å². The smallest absolute Gasteiger partial charge is 0.241 e. The molecule has 9 heteroatoms. The summed E-state index contributed by atoms with van der Waals surface area (Å²) in [5.41, 5.74) is 0. The Balaban J connectivity index is 1.59. The number of nitrogens with zero attached hydrogens (tertiary/aromatic N) is 1. The highest BCUT2D eigenvalue weighted by molar-refractivity contribution is 7.90. The van der Waals surface area contributed by atoms with Crippen molar-refractivity contribution < 1.29 is 16.8 Å². The molecular weight excluding hydrogens is 482 g/mol. The highest BCUT2D eigenvalue weighted by Gasteiger charge is 2.30. The van der Waals surface area contributed by atoms with Gasteiger partial charge in [0.05, 0.1) is 9.79 Å². The first-order chi connectivity index (χ1) is 16.7. The average Bonchev–Trinajstić information content (AvgIpc) is 2.85. The van der Waals surface area contributed by atoms with E-state index in [9.17, 15) is 16.8 Å². The van der Waals surface area contributed by atoms with E-state index in [1.807, 2.05) is 18.2 Å². The monoisotopic (exact) mass is 515 g/mol. The van der Waals surface area contributed by atoms with Crippen LogP contribution in [-0.4, -0.2) is 53.0 Å². The zero-order valence-electron chi connectivity index (χ0n) is 20.1. The van der Waals surface area contributed by atoms with E-state index < -0.39 is 26.1 Å². The molecule has 0 saturated carbocycles. The van der Waals surface area contributed by atoms with Crippen LogP contribution >= 0.6 is 0 Å². The summed E-state index contributed by atoms with van der Waals surface area (Å²) in [5.74, 6) is 0. The molecule has 3 aromatic rings. The van der Waals surface area contributed by atoms with Crippen LogP contribution in [0.3, 0.4) is 0 Å². The average molecular weight is 516 g/mol. The molecular formula is C26H33N3O4S2. The van der Waals surface area contributed by atoms with Gasteiger partial charge in [0.25, 0.3) is 0 Å². The maximum absolute atomic E-state index is 13.3. The highest BCUT2D eigenvalue weighted by atomic mass is 32.2. The number of rotatable bonds is 9. The number of sulfonamides is 2. The van der Waals surface area contributed by atoms with Crippen LogP contribution in [0.2, 0.25) is 0 Å². The van der Waals surface area contributed by atoms with Crippen molar-refractivity contribution in [3.63, 3.8) is 0 Å². The van der Waals surface area contributed by atoms with Crippen LogP contribution < -0.4 is 9.44 Å². The van der Waals surface area contributed by atoms with Gasteiger partial charge in [0.2, 0.25) is 20.0 Å². The van der Waals surface area contributed by atoms with Gasteiger partial charge in [0, 0.05) is 36.6 Å². The first kappa shape index (κ1) is 25.8. The van der Waals surface area contributed by atoms with E-state index in [0.29, 0.717) is 11.9 Å². The maximum atomic E-state index is 13.3. The lowest BCUT2D eigenvalue weighted by molar-refractivity contribution is 0.0945. The van der Waals surface area contributed by atoms with Crippen LogP contribution in [-0.2, 0) is 20.0 Å². The SMILES string of the molecule is C[C@@H]1CCC[C@H](C)N1C[C@H](CNS(=O)(=O)c1cccc2ccccc12)NS(=O)(=O)c1ccccc1. The van der Waals surface area contributed by atoms with E-state index in [2.05, 4.69) is 28.2 Å². The molecule has 3 aromatic carbocycles. The number of hydrogen-bond acceptors (Lipinski definition) is 5. The highest BCUT2D eigenvalue weighted by Crippen LogP contribution is 2.24. The molecule has 1 saturated heterocycles. The van der Waals surface area contributed by atoms with Crippen molar-refractivity contribution in [2.75, 3.05) is 13.1 Å². The Morgan fingerprint density at radius 1 is 0.829 bits per heavy atom. The Kier molecular flexibility index (Phi) is 7.92. The number of benzene rings is 3. The number of hydrogen-bond donors (Lipinski definition) is 2. The number of likely N-dealkylation sites (tertiary alicyclic amines) is 1. The number of nitrogens with one attached hydrogen (secondary N) is 2. The van der Waals surface area contributed by atoms with Crippen LogP contribution in [0.25, 0.3) is 10.8 Å². The van der Waals surface area contributed by atoms with Crippen LogP contribution in [0.15, 0.2) is 82.6 Å². The third kappa shape index (κ3) is 6.10. The minimum absolute atomic E-state index is 0.0619. The second-order valence-corrected chi connectivity index (χ2v) is 12.7. The Hall–Kier alpha value is -2.30. The lowest BCUT2D eigenvalue weighted by Crippen LogP contribution is -2.54. The summed E-state index contributed by atoms with van der Waals surface area (Å²) in [5, 5.41) is 1.45. The van der Waals surface area contributed by atoms with Gasteiger partial charge in [-0.05, 0) is 50.3 Å². The minimum Gasteiger partial charge on any atom is -0.296 e. The molecule has 0 spiro atoms. The molecule has 0 unspecified atom stereocenters. The summed E-state index contributed by atoms with van der Waals surface area (Å²) in [4.78, 5) is 2.61. The van der Waals surface area contributed by atoms with Crippen molar-refractivity contribution in [2.45, 2.75) is 61.0 Å². The van der Waals surface area contributed by atoms with Gasteiger partial charge < -0.3 is 0 Å². The van der Waals surface area contributed by atoms with E-state index in [-0.39, 0.29) is 28.4 Å². The molecule has 1 heterocycles. The van der Waals surface area contributed by atoms with Gasteiger partial charge in [-0.15, -0.1) is 0 Å². The lowest BCUT2D eigenvalue weighted by atomic mass is 9.97. The molecule has 188 valence electrons. The molecule has 1 aliphatic heterocycles. The molecule has 4 rings (SSSR count). The molecule has 35 heavy (non-hydrogen) atoms. The van der Waals surface area contributed by atoms with E-state index in [1.54, 1.807) is 42.5 Å². The van der Waals surface area contributed by atoms with Gasteiger partial charge in [-0.1, -0.05) is 61.0 Å². The van der Waals surface area contributed by atoms with Gasteiger partial charge in [-0.3, -0.25) is 4.90 Å². The molecule has 1 fully saturated rings. The van der Waals surface area contributed by atoms with Crippen molar-refractivity contribution >= 4 is 30.8 Å². The van der Waals surface area contributed by atoms with Crippen molar-refractivity contribution in [1.29, 1.82) is 0 Å². The van der Waals surface area contributed by atoms with Crippen molar-refractivity contribution in [2.24, 2.45) is 0 Å². The fourth-order valence-corrected chi connectivity index (χ4v) is 7.40.